The summed E-state index contributed by atoms with van der Waals surface area (Å²) < 4.78 is 11.5. The number of methoxy groups -OCH3 is 1. The van der Waals surface area contributed by atoms with E-state index in [9.17, 15) is 0 Å². The molecule has 1 aliphatic heterocycles. The summed E-state index contributed by atoms with van der Waals surface area (Å²) in [5, 5.41) is 0. The third-order valence-corrected chi connectivity index (χ3v) is 3.71. The summed E-state index contributed by atoms with van der Waals surface area (Å²) in [6.45, 7) is 2.06. The second-order valence-electron chi connectivity index (χ2n) is 5.30. The van der Waals surface area contributed by atoms with E-state index in [2.05, 4.69) is 23.1 Å². The highest BCUT2D eigenvalue weighted by Gasteiger charge is 2.21. The molecule has 0 spiro atoms. The molecular weight excluding hydrogens is 264 g/mol. The van der Waals surface area contributed by atoms with Gasteiger partial charge < -0.3 is 14.4 Å². The van der Waals surface area contributed by atoms with E-state index < -0.39 is 0 Å². The van der Waals surface area contributed by atoms with E-state index in [-0.39, 0.29) is 6.10 Å². The first kappa shape index (κ1) is 13.9. The zero-order chi connectivity index (χ0) is 14.7. The van der Waals surface area contributed by atoms with Crippen LogP contribution in [0, 0.1) is 6.20 Å². The maximum atomic E-state index is 6.03. The topological polar surface area (TPSA) is 34.6 Å². The number of hydrogen-bond donors (Lipinski definition) is 0. The van der Waals surface area contributed by atoms with Crippen molar-refractivity contribution in [3.8, 4) is 22.8 Å². The van der Waals surface area contributed by atoms with Crippen molar-refractivity contribution in [3.63, 3.8) is 0 Å². The molecule has 1 atom stereocenters. The van der Waals surface area contributed by atoms with Crippen molar-refractivity contribution in [2.75, 3.05) is 27.2 Å². The average molecular weight is 283 g/mol. The smallest absolute Gasteiger partial charge is 0.131 e. The van der Waals surface area contributed by atoms with Crippen LogP contribution in [0.1, 0.15) is 6.42 Å². The lowest BCUT2D eigenvalue weighted by molar-refractivity contribution is 0.207. The van der Waals surface area contributed by atoms with E-state index in [1.807, 2.05) is 30.3 Å². The number of ether oxygens (including phenoxy) is 2. The van der Waals surface area contributed by atoms with Gasteiger partial charge >= 0.3 is 0 Å². The van der Waals surface area contributed by atoms with Crippen molar-refractivity contribution in [2.45, 2.75) is 12.5 Å². The van der Waals surface area contributed by atoms with Crippen molar-refractivity contribution >= 4 is 0 Å². The van der Waals surface area contributed by atoms with Gasteiger partial charge in [-0.15, -0.1) is 0 Å². The SMILES string of the molecule is COc1cc(OC2CCN(C)C2)ccc1-c1ccc[c]n1. The largest absolute Gasteiger partial charge is 0.496 e. The lowest BCUT2D eigenvalue weighted by atomic mass is 10.1. The van der Waals surface area contributed by atoms with Gasteiger partial charge in [-0.1, -0.05) is 6.07 Å². The van der Waals surface area contributed by atoms with Crippen molar-refractivity contribution in [2.24, 2.45) is 0 Å². The second-order valence-corrected chi connectivity index (χ2v) is 5.30. The molecular formula is C17H19N2O2. The van der Waals surface area contributed by atoms with Crippen LogP contribution in [0.5, 0.6) is 11.5 Å². The van der Waals surface area contributed by atoms with Crippen LogP contribution in [-0.4, -0.2) is 43.2 Å². The van der Waals surface area contributed by atoms with E-state index in [0.717, 1.165) is 42.3 Å². The Bertz CT molecular complexity index is 601. The van der Waals surface area contributed by atoms with Gasteiger partial charge in [-0.05, 0) is 37.7 Å². The van der Waals surface area contributed by atoms with E-state index >= 15 is 0 Å². The van der Waals surface area contributed by atoms with Crippen LogP contribution in [0.2, 0.25) is 0 Å². The Morgan fingerprint density at radius 2 is 2.24 bits per heavy atom. The Morgan fingerprint density at radius 1 is 1.33 bits per heavy atom. The standard InChI is InChI=1S/C17H19N2O2/c1-19-10-8-14(12-19)21-13-6-7-15(17(11-13)20-2)16-5-3-4-9-18-16/h3-7,11,14H,8,10,12H2,1-2H3. The van der Waals surface area contributed by atoms with Crippen LogP contribution >= 0.6 is 0 Å². The summed E-state index contributed by atoms with van der Waals surface area (Å²) in [4.78, 5) is 6.53. The minimum atomic E-state index is 0.258. The number of aromatic nitrogens is 1. The summed E-state index contributed by atoms with van der Waals surface area (Å²) in [5.74, 6) is 1.61. The molecule has 0 N–H and O–H groups in total. The second kappa shape index (κ2) is 6.14. The number of hydrogen-bond acceptors (Lipinski definition) is 4. The molecule has 0 aliphatic carbocycles. The lowest BCUT2D eigenvalue weighted by Gasteiger charge is -2.16. The maximum absolute atomic E-state index is 6.03. The van der Waals surface area contributed by atoms with Gasteiger partial charge in [0, 0.05) is 24.7 Å². The average Bonchev–Trinajstić information content (AvgIpc) is 2.93. The van der Waals surface area contributed by atoms with Gasteiger partial charge in [-0.3, -0.25) is 0 Å². The molecule has 4 nitrogen and oxygen atoms in total. The van der Waals surface area contributed by atoms with Gasteiger partial charge in [0.05, 0.1) is 19.0 Å². The quantitative estimate of drug-likeness (QED) is 0.864. The number of likely N-dealkylation sites (tertiary alicyclic amines) is 1. The normalized spacial score (nSPS) is 18.7. The lowest BCUT2D eigenvalue weighted by Crippen LogP contribution is -2.21. The molecule has 1 fully saturated rings. The molecule has 1 saturated heterocycles. The number of pyridine rings is 1. The van der Waals surface area contributed by atoms with E-state index in [4.69, 9.17) is 9.47 Å². The molecule has 1 aromatic heterocycles. The Hall–Kier alpha value is -2.07. The fourth-order valence-corrected chi connectivity index (χ4v) is 2.62. The van der Waals surface area contributed by atoms with Crippen molar-refractivity contribution in [3.05, 3.63) is 42.6 Å². The summed E-state index contributed by atoms with van der Waals surface area (Å²) in [5.41, 5.74) is 1.80. The van der Waals surface area contributed by atoms with Gasteiger partial charge in [-0.2, -0.15) is 0 Å². The molecule has 1 radical (unpaired) electrons. The molecule has 1 aliphatic rings. The van der Waals surface area contributed by atoms with Crippen molar-refractivity contribution < 1.29 is 9.47 Å². The Balaban J connectivity index is 1.82. The monoisotopic (exact) mass is 283 g/mol. The van der Waals surface area contributed by atoms with Crippen LogP contribution in [0.3, 0.4) is 0 Å². The molecule has 4 heteroatoms. The number of nitrogens with zero attached hydrogens (tertiary/aromatic N) is 2. The van der Waals surface area contributed by atoms with Crippen molar-refractivity contribution in [1.29, 1.82) is 0 Å². The summed E-state index contributed by atoms with van der Waals surface area (Å²) in [7, 11) is 3.78. The number of benzene rings is 1. The molecule has 109 valence electrons. The fourth-order valence-electron chi connectivity index (χ4n) is 2.62. The van der Waals surface area contributed by atoms with Crippen LogP contribution in [0.4, 0.5) is 0 Å². The van der Waals surface area contributed by atoms with Gasteiger partial charge in [0.2, 0.25) is 0 Å². The summed E-state index contributed by atoms with van der Waals surface area (Å²) in [6.07, 6.45) is 4.17. The Morgan fingerprint density at radius 3 is 2.90 bits per heavy atom. The molecule has 1 unspecified atom stereocenters. The molecule has 2 heterocycles. The molecule has 1 aromatic carbocycles. The minimum Gasteiger partial charge on any atom is -0.496 e. The first-order valence-corrected chi connectivity index (χ1v) is 7.13. The number of likely N-dealkylation sites (N-methyl/N-ethyl adjacent to an activating group) is 1. The number of rotatable bonds is 4. The third-order valence-electron chi connectivity index (χ3n) is 3.71. The Labute approximate surface area is 125 Å². The van der Waals surface area contributed by atoms with Gasteiger partial charge in [0.15, 0.2) is 0 Å². The van der Waals surface area contributed by atoms with Gasteiger partial charge in [-0.25, -0.2) is 4.98 Å². The molecule has 0 bridgehead atoms. The highest BCUT2D eigenvalue weighted by Crippen LogP contribution is 2.32. The van der Waals surface area contributed by atoms with Crippen LogP contribution in [0.25, 0.3) is 11.3 Å². The highest BCUT2D eigenvalue weighted by molar-refractivity contribution is 5.68. The van der Waals surface area contributed by atoms with Crippen LogP contribution in [-0.2, 0) is 0 Å². The van der Waals surface area contributed by atoms with E-state index in [0.29, 0.717) is 0 Å². The zero-order valence-corrected chi connectivity index (χ0v) is 12.4. The molecule has 21 heavy (non-hydrogen) atoms. The van der Waals surface area contributed by atoms with E-state index in [1.165, 1.54) is 0 Å². The first-order chi connectivity index (χ1) is 10.3. The predicted molar refractivity (Wildman–Crippen MR) is 81.6 cm³/mol. The molecule has 0 amide bonds. The van der Waals surface area contributed by atoms with Crippen LogP contribution < -0.4 is 9.47 Å². The summed E-state index contributed by atoms with van der Waals surface area (Å²) in [6, 6.07) is 11.5. The molecule has 3 rings (SSSR count). The van der Waals surface area contributed by atoms with Gasteiger partial charge in [0.25, 0.3) is 0 Å². The molecule has 2 aromatic rings. The van der Waals surface area contributed by atoms with Crippen LogP contribution in [0.15, 0.2) is 36.4 Å². The fraction of sp³-hybridized carbons (Fsp3) is 0.353. The Kier molecular flexibility index (Phi) is 4.06. The summed E-state index contributed by atoms with van der Waals surface area (Å²) >= 11 is 0. The minimum absolute atomic E-state index is 0.258. The predicted octanol–water partition coefficient (Wildman–Crippen LogP) is 2.64. The third kappa shape index (κ3) is 3.16. The highest BCUT2D eigenvalue weighted by atomic mass is 16.5. The molecule has 0 saturated carbocycles. The van der Waals surface area contributed by atoms with E-state index in [1.54, 1.807) is 13.2 Å². The zero-order valence-electron chi connectivity index (χ0n) is 12.4. The van der Waals surface area contributed by atoms with Gasteiger partial charge in [0.1, 0.15) is 17.6 Å². The maximum Gasteiger partial charge on any atom is 0.131 e. The van der Waals surface area contributed by atoms with Crippen molar-refractivity contribution in [1.82, 2.24) is 9.88 Å². The first-order valence-electron chi connectivity index (χ1n) is 7.13.